The molecule has 35 heavy (non-hydrogen) atoms. The van der Waals surface area contributed by atoms with E-state index in [-0.39, 0.29) is 18.2 Å². The van der Waals surface area contributed by atoms with Gasteiger partial charge in [-0.3, -0.25) is 9.48 Å². The van der Waals surface area contributed by atoms with Crippen molar-refractivity contribution in [3.8, 4) is 11.3 Å². The van der Waals surface area contributed by atoms with Crippen molar-refractivity contribution < 1.29 is 9.18 Å². The molecule has 2 heterocycles. The number of nitrogens with zero attached hydrogens (tertiary/aromatic N) is 4. The second-order valence-corrected chi connectivity index (χ2v) is 9.07. The van der Waals surface area contributed by atoms with Crippen LogP contribution in [-0.4, -0.2) is 31.4 Å². The molecular weight excluding hydrogens is 485 g/mol. The van der Waals surface area contributed by atoms with E-state index < -0.39 is 5.82 Å². The van der Waals surface area contributed by atoms with Gasteiger partial charge in [-0.25, -0.2) is 14.4 Å². The van der Waals surface area contributed by atoms with Gasteiger partial charge in [-0.1, -0.05) is 65.8 Å². The van der Waals surface area contributed by atoms with Crippen LogP contribution in [0.3, 0.4) is 0 Å². The number of carbonyl (C=O) groups excluding carboxylic acids is 1. The number of halogens is 2. The Hall–Kier alpha value is -3.75. The van der Waals surface area contributed by atoms with Gasteiger partial charge in [0.25, 0.3) is 0 Å². The molecule has 0 saturated carbocycles. The minimum absolute atomic E-state index is 0.118. The molecule has 0 bridgehead atoms. The highest BCUT2D eigenvalue weighted by Crippen LogP contribution is 2.25. The quantitative estimate of drug-likeness (QED) is 0.216. The number of fused-ring (bicyclic) bond motifs is 1. The van der Waals surface area contributed by atoms with Crippen LogP contribution in [0, 0.1) is 5.82 Å². The second kappa shape index (κ2) is 10.2. The zero-order valence-corrected chi connectivity index (χ0v) is 19.9. The Morgan fingerprint density at radius 1 is 1.03 bits per heavy atom. The molecule has 0 saturated heterocycles. The van der Waals surface area contributed by atoms with Gasteiger partial charge in [0.1, 0.15) is 5.82 Å². The molecule has 0 aliphatic rings. The molecule has 0 atom stereocenters. The Labute approximate surface area is 210 Å². The van der Waals surface area contributed by atoms with Crippen LogP contribution in [0.5, 0.6) is 0 Å². The second-order valence-electron chi connectivity index (χ2n) is 7.72. The predicted molar refractivity (Wildman–Crippen MR) is 137 cm³/mol. The number of carbonyl (C=O) groups is 1. The summed E-state index contributed by atoms with van der Waals surface area (Å²) in [4.78, 5) is 21.3. The van der Waals surface area contributed by atoms with Gasteiger partial charge in [-0.2, -0.15) is 5.10 Å². The first-order valence-corrected chi connectivity index (χ1v) is 12.1. The van der Waals surface area contributed by atoms with Crippen molar-refractivity contribution in [3.63, 3.8) is 0 Å². The molecule has 6 nitrogen and oxygen atoms in total. The lowest BCUT2D eigenvalue weighted by Crippen LogP contribution is -2.15. The number of amides is 1. The summed E-state index contributed by atoms with van der Waals surface area (Å²) in [5.74, 6) is -0.161. The summed E-state index contributed by atoms with van der Waals surface area (Å²) in [5.41, 5.74) is 2.12. The summed E-state index contributed by atoms with van der Waals surface area (Å²) in [6.45, 7) is 0.158. The molecule has 2 aromatic heterocycles. The van der Waals surface area contributed by atoms with E-state index in [0.29, 0.717) is 21.6 Å². The molecule has 0 aliphatic carbocycles. The molecule has 5 aromatic rings. The Kier molecular flexibility index (Phi) is 6.74. The third-order valence-electron chi connectivity index (χ3n) is 5.30. The zero-order chi connectivity index (χ0) is 24.2. The maximum absolute atomic E-state index is 14.0. The van der Waals surface area contributed by atoms with Crippen LogP contribution in [0.2, 0.25) is 5.02 Å². The van der Waals surface area contributed by atoms with E-state index in [9.17, 15) is 9.18 Å². The number of rotatable bonds is 7. The minimum Gasteiger partial charge on any atom is -0.308 e. The Morgan fingerprint density at radius 2 is 1.89 bits per heavy atom. The first-order chi connectivity index (χ1) is 17.0. The molecule has 1 N–H and O–H groups in total. The number of anilines is 1. The van der Waals surface area contributed by atoms with Crippen molar-refractivity contribution in [1.29, 1.82) is 0 Å². The lowest BCUT2D eigenvalue weighted by molar-refractivity contribution is -0.113. The van der Waals surface area contributed by atoms with Gasteiger partial charge in [-0.15, -0.1) is 0 Å². The predicted octanol–water partition coefficient (Wildman–Crippen LogP) is 6.06. The smallest absolute Gasteiger partial charge is 0.236 e. The van der Waals surface area contributed by atoms with Crippen LogP contribution in [0.15, 0.2) is 90.3 Å². The topological polar surface area (TPSA) is 72.7 Å². The number of thioether (sulfide) groups is 1. The summed E-state index contributed by atoms with van der Waals surface area (Å²) < 4.78 is 15.5. The van der Waals surface area contributed by atoms with Crippen LogP contribution in [0.4, 0.5) is 10.2 Å². The Morgan fingerprint density at radius 3 is 2.74 bits per heavy atom. The molecule has 0 radical (unpaired) electrons. The number of hydrogen-bond donors (Lipinski definition) is 1. The van der Waals surface area contributed by atoms with Crippen molar-refractivity contribution in [3.05, 3.63) is 102 Å². The monoisotopic (exact) mass is 503 g/mol. The first kappa shape index (κ1) is 23.0. The average molecular weight is 504 g/mol. The van der Waals surface area contributed by atoms with Crippen LogP contribution in [0.25, 0.3) is 22.0 Å². The fourth-order valence-electron chi connectivity index (χ4n) is 3.59. The van der Waals surface area contributed by atoms with Gasteiger partial charge in [0.05, 0.1) is 18.0 Å². The van der Waals surface area contributed by atoms with E-state index in [1.807, 2.05) is 24.3 Å². The number of aromatic nitrogens is 4. The SMILES string of the molecule is O=C(CSc1nccc(-c2ccc3ccccc3c2)n1)Nc1ccn(Cc2c(F)cccc2Cl)n1. The third-order valence-corrected chi connectivity index (χ3v) is 6.52. The van der Waals surface area contributed by atoms with E-state index in [4.69, 9.17) is 11.6 Å². The molecule has 1 amide bonds. The van der Waals surface area contributed by atoms with Crippen molar-refractivity contribution in [2.75, 3.05) is 11.1 Å². The standard InChI is InChI=1S/C26H19ClFN5OS/c27-21-6-3-7-22(28)20(21)15-33-13-11-24(32-33)31-25(34)16-35-26-29-12-10-23(30-26)19-9-8-17-4-1-2-5-18(17)14-19/h1-14H,15-16H2,(H,31,32,34). The van der Waals surface area contributed by atoms with Crippen LogP contribution in [0.1, 0.15) is 5.56 Å². The maximum Gasteiger partial charge on any atom is 0.236 e. The molecule has 0 fully saturated rings. The highest BCUT2D eigenvalue weighted by Gasteiger charge is 2.11. The van der Waals surface area contributed by atoms with Crippen molar-refractivity contribution in [2.45, 2.75) is 11.7 Å². The van der Waals surface area contributed by atoms with E-state index in [2.05, 4.69) is 44.6 Å². The van der Waals surface area contributed by atoms with Crippen molar-refractivity contribution in [1.82, 2.24) is 19.7 Å². The Bertz CT molecular complexity index is 1500. The fourth-order valence-corrected chi connectivity index (χ4v) is 4.44. The van der Waals surface area contributed by atoms with E-state index in [0.717, 1.165) is 22.0 Å². The van der Waals surface area contributed by atoms with Crippen molar-refractivity contribution >= 4 is 45.9 Å². The molecule has 3 aromatic carbocycles. The molecule has 5 rings (SSSR count). The van der Waals surface area contributed by atoms with Gasteiger partial charge in [0, 0.05) is 34.6 Å². The summed E-state index contributed by atoms with van der Waals surface area (Å²) >= 11 is 7.32. The summed E-state index contributed by atoms with van der Waals surface area (Å²) in [5, 5.41) is 10.1. The van der Waals surface area contributed by atoms with Crippen molar-refractivity contribution in [2.24, 2.45) is 0 Å². The van der Waals surface area contributed by atoms with E-state index in [1.165, 1.54) is 22.5 Å². The van der Waals surface area contributed by atoms with Gasteiger partial charge >= 0.3 is 0 Å². The summed E-state index contributed by atoms with van der Waals surface area (Å²) in [6, 6.07) is 22.3. The lowest BCUT2D eigenvalue weighted by Gasteiger charge is -2.06. The number of nitrogens with one attached hydrogen (secondary N) is 1. The molecular formula is C26H19ClFN5OS. The molecule has 174 valence electrons. The lowest BCUT2D eigenvalue weighted by atomic mass is 10.1. The molecule has 0 unspecified atom stereocenters. The Balaban J connectivity index is 1.20. The van der Waals surface area contributed by atoms with Gasteiger partial charge in [-0.05, 0) is 35.0 Å². The van der Waals surface area contributed by atoms with Gasteiger partial charge in [0.2, 0.25) is 5.91 Å². The fraction of sp³-hybridized carbons (Fsp3) is 0.0769. The number of benzene rings is 3. The minimum atomic E-state index is -0.402. The van der Waals surface area contributed by atoms with Crippen LogP contribution < -0.4 is 5.32 Å². The summed E-state index contributed by atoms with van der Waals surface area (Å²) in [6.07, 6.45) is 3.34. The maximum atomic E-state index is 14.0. The summed E-state index contributed by atoms with van der Waals surface area (Å²) in [7, 11) is 0. The third kappa shape index (κ3) is 5.50. The molecule has 0 spiro atoms. The first-order valence-electron chi connectivity index (χ1n) is 10.8. The van der Waals surface area contributed by atoms with E-state index >= 15 is 0 Å². The van der Waals surface area contributed by atoms with Crippen LogP contribution in [-0.2, 0) is 11.3 Å². The highest BCUT2D eigenvalue weighted by molar-refractivity contribution is 7.99. The molecule has 9 heteroatoms. The van der Waals surface area contributed by atoms with Gasteiger partial charge in [0.15, 0.2) is 11.0 Å². The normalized spacial score (nSPS) is 11.0. The van der Waals surface area contributed by atoms with Gasteiger partial charge < -0.3 is 5.32 Å². The molecule has 0 aliphatic heterocycles. The highest BCUT2D eigenvalue weighted by atomic mass is 35.5. The zero-order valence-electron chi connectivity index (χ0n) is 18.4. The van der Waals surface area contributed by atoms with E-state index in [1.54, 1.807) is 30.6 Å². The largest absolute Gasteiger partial charge is 0.308 e. The average Bonchev–Trinajstić information content (AvgIpc) is 3.31. The number of hydrogen-bond acceptors (Lipinski definition) is 5. The van der Waals surface area contributed by atoms with Crippen LogP contribution >= 0.6 is 23.4 Å².